The maximum absolute atomic E-state index is 11.0. The molecule has 22 heavy (non-hydrogen) atoms. The van der Waals surface area contributed by atoms with Crippen LogP contribution in [0.1, 0.15) is 12.5 Å². The minimum atomic E-state index is -3.36. The Morgan fingerprint density at radius 3 is 2.32 bits per heavy atom. The summed E-state index contributed by atoms with van der Waals surface area (Å²) in [6.45, 7) is 7.36. The highest BCUT2D eigenvalue weighted by atomic mass is 32.2. The average molecular weight is 323 g/mol. The van der Waals surface area contributed by atoms with E-state index in [1.807, 2.05) is 18.2 Å². The molecule has 0 atom stereocenters. The smallest absolute Gasteiger partial charge is 0.210 e. The number of nitrogens with zero attached hydrogens (tertiary/aromatic N) is 2. The lowest BCUT2D eigenvalue weighted by Crippen LogP contribution is -2.48. The van der Waals surface area contributed by atoms with Crippen LogP contribution in [0.2, 0.25) is 0 Å². The Morgan fingerprint density at radius 2 is 1.73 bits per heavy atom. The molecule has 1 aromatic carbocycles. The van der Waals surface area contributed by atoms with E-state index < -0.39 is 10.0 Å². The molecule has 0 unspecified atom stereocenters. The van der Waals surface area contributed by atoms with Crippen molar-refractivity contribution in [3.05, 3.63) is 41.5 Å². The van der Waals surface area contributed by atoms with Crippen LogP contribution >= 0.6 is 0 Å². The van der Waals surface area contributed by atoms with Crippen LogP contribution in [-0.2, 0) is 10.0 Å². The van der Waals surface area contributed by atoms with Crippen LogP contribution in [0.25, 0.3) is 6.08 Å². The molecule has 122 valence electrons. The fourth-order valence-electron chi connectivity index (χ4n) is 2.66. The normalized spacial score (nSPS) is 18.5. The van der Waals surface area contributed by atoms with E-state index in [-0.39, 0.29) is 5.75 Å². The number of sulfonamides is 1. The molecule has 1 aliphatic heterocycles. The minimum Gasteiger partial charge on any atom is -0.300 e. The van der Waals surface area contributed by atoms with Gasteiger partial charge < -0.3 is 0 Å². The first-order valence-corrected chi connectivity index (χ1v) is 9.31. The highest BCUT2D eigenvalue weighted by Gasteiger charge is 2.17. The van der Waals surface area contributed by atoms with Gasteiger partial charge in [-0.2, -0.15) is 0 Å². The molecule has 0 spiro atoms. The minimum absolute atomic E-state index is 0.0416. The molecular weight excluding hydrogens is 298 g/mol. The summed E-state index contributed by atoms with van der Waals surface area (Å²) in [5.74, 6) is 0.0416. The molecule has 1 aliphatic rings. The number of primary sulfonamides is 1. The first kappa shape index (κ1) is 17.1. The van der Waals surface area contributed by atoms with Gasteiger partial charge >= 0.3 is 0 Å². The number of piperazine rings is 1. The Balaban J connectivity index is 1.76. The molecule has 0 saturated carbocycles. The first-order chi connectivity index (χ1) is 10.4. The third-order valence-corrected chi connectivity index (χ3v) is 4.59. The number of nitrogens with two attached hydrogens (primary N) is 1. The maximum Gasteiger partial charge on any atom is 0.210 e. The Labute approximate surface area is 133 Å². The quantitative estimate of drug-likeness (QED) is 0.848. The van der Waals surface area contributed by atoms with Crippen LogP contribution in [-0.4, -0.2) is 63.2 Å². The lowest BCUT2D eigenvalue weighted by atomic mass is 10.1. The zero-order chi connectivity index (χ0) is 16.0. The van der Waals surface area contributed by atoms with E-state index in [1.165, 1.54) is 11.1 Å². The second-order valence-corrected chi connectivity index (χ2v) is 7.62. The summed E-state index contributed by atoms with van der Waals surface area (Å²) in [7, 11) is -3.36. The first-order valence-electron chi connectivity index (χ1n) is 7.60. The molecule has 5 nitrogen and oxygen atoms in total. The monoisotopic (exact) mass is 323 g/mol. The van der Waals surface area contributed by atoms with Crippen molar-refractivity contribution in [3.8, 4) is 0 Å². The van der Waals surface area contributed by atoms with Gasteiger partial charge in [-0.25, -0.2) is 13.6 Å². The van der Waals surface area contributed by atoms with Gasteiger partial charge in [0.2, 0.25) is 10.0 Å². The van der Waals surface area contributed by atoms with Gasteiger partial charge in [0.25, 0.3) is 0 Å². The van der Waals surface area contributed by atoms with Crippen molar-refractivity contribution in [3.63, 3.8) is 0 Å². The molecular formula is C16H25N3O2S. The fourth-order valence-corrected chi connectivity index (χ4v) is 3.17. The molecule has 0 bridgehead atoms. The van der Waals surface area contributed by atoms with Crippen LogP contribution in [0.15, 0.2) is 35.9 Å². The van der Waals surface area contributed by atoms with Gasteiger partial charge in [0.05, 0.1) is 5.75 Å². The van der Waals surface area contributed by atoms with E-state index in [1.54, 1.807) is 0 Å². The second-order valence-electron chi connectivity index (χ2n) is 5.89. The third-order valence-electron chi connectivity index (χ3n) is 3.84. The van der Waals surface area contributed by atoms with Crippen LogP contribution in [0.3, 0.4) is 0 Å². The topological polar surface area (TPSA) is 66.6 Å². The molecule has 1 aromatic rings. The van der Waals surface area contributed by atoms with Crippen molar-refractivity contribution >= 4 is 16.1 Å². The Morgan fingerprint density at radius 1 is 1.14 bits per heavy atom. The largest absolute Gasteiger partial charge is 0.300 e. The highest BCUT2D eigenvalue weighted by molar-refractivity contribution is 7.89. The van der Waals surface area contributed by atoms with Gasteiger partial charge in [-0.15, -0.1) is 0 Å². The SMILES string of the molecule is CC(=Cc1ccccc1)CN1CCN(CCS(N)(=O)=O)CC1. The summed E-state index contributed by atoms with van der Waals surface area (Å²) < 4.78 is 22.0. The van der Waals surface area contributed by atoms with Crippen LogP contribution in [0.4, 0.5) is 0 Å². The van der Waals surface area contributed by atoms with E-state index in [0.29, 0.717) is 6.54 Å². The van der Waals surface area contributed by atoms with Gasteiger partial charge in [0, 0.05) is 39.3 Å². The number of hydrogen-bond acceptors (Lipinski definition) is 4. The standard InChI is InChI=1S/C16H25N3O2S/c1-15(13-16-5-3-2-4-6-16)14-19-9-7-18(8-10-19)11-12-22(17,20)21/h2-6,13H,7-12,14H2,1H3,(H2,17,20,21). The zero-order valence-corrected chi connectivity index (χ0v) is 13.9. The van der Waals surface area contributed by atoms with E-state index >= 15 is 0 Å². The molecule has 0 aromatic heterocycles. The lowest BCUT2D eigenvalue weighted by Gasteiger charge is -2.34. The molecule has 1 fully saturated rings. The number of benzene rings is 1. The molecule has 0 radical (unpaired) electrons. The summed E-state index contributed by atoms with van der Waals surface area (Å²) in [5.41, 5.74) is 2.57. The van der Waals surface area contributed by atoms with E-state index in [0.717, 1.165) is 32.7 Å². The van der Waals surface area contributed by atoms with Crippen LogP contribution in [0.5, 0.6) is 0 Å². The second kappa shape index (κ2) is 7.87. The van der Waals surface area contributed by atoms with Gasteiger partial charge in [0.1, 0.15) is 0 Å². The van der Waals surface area contributed by atoms with Crippen molar-refractivity contribution in [2.75, 3.05) is 45.0 Å². The van der Waals surface area contributed by atoms with E-state index in [4.69, 9.17) is 5.14 Å². The van der Waals surface area contributed by atoms with Gasteiger partial charge in [0.15, 0.2) is 0 Å². The molecule has 1 saturated heterocycles. The molecule has 2 N–H and O–H groups in total. The summed E-state index contributed by atoms with van der Waals surface area (Å²) in [6, 6.07) is 10.3. The predicted octanol–water partition coefficient (Wildman–Crippen LogP) is 0.996. The number of hydrogen-bond donors (Lipinski definition) is 1. The summed E-state index contributed by atoms with van der Waals surface area (Å²) in [6.07, 6.45) is 2.22. The van der Waals surface area contributed by atoms with E-state index in [2.05, 4.69) is 34.9 Å². The summed E-state index contributed by atoms with van der Waals surface area (Å²) >= 11 is 0. The maximum atomic E-state index is 11.0. The third kappa shape index (κ3) is 6.27. The Bertz CT molecular complexity index is 591. The van der Waals surface area contributed by atoms with Crippen molar-refractivity contribution in [1.82, 2.24) is 9.80 Å². The van der Waals surface area contributed by atoms with Crippen molar-refractivity contribution < 1.29 is 8.42 Å². The Hall–Kier alpha value is -1.21. The fraction of sp³-hybridized carbons (Fsp3) is 0.500. The Kier molecular flexibility index (Phi) is 6.14. The predicted molar refractivity (Wildman–Crippen MR) is 90.9 cm³/mol. The molecule has 0 amide bonds. The number of rotatable bonds is 6. The molecule has 1 heterocycles. The zero-order valence-electron chi connectivity index (χ0n) is 13.1. The summed E-state index contributed by atoms with van der Waals surface area (Å²) in [5, 5.41) is 5.05. The van der Waals surface area contributed by atoms with Crippen molar-refractivity contribution in [1.29, 1.82) is 0 Å². The van der Waals surface area contributed by atoms with Crippen molar-refractivity contribution in [2.24, 2.45) is 5.14 Å². The molecule has 0 aliphatic carbocycles. The lowest BCUT2D eigenvalue weighted by molar-refractivity contribution is 0.146. The van der Waals surface area contributed by atoms with Gasteiger partial charge in [-0.05, 0) is 12.5 Å². The molecule has 2 rings (SSSR count). The van der Waals surface area contributed by atoms with Gasteiger partial charge in [-0.3, -0.25) is 9.80 Å². The molecule has 6 heteroatoms. The highest BCUT2D eigenvalue weighted by Crippen LogP contribution is 2.09. The van der Waals surface area contributed by atoms with Gasteiger partial charge in [-0.1, -0.05) is 42.0 Å². The van der Waals surface area contributed by atoms with Crippen LogP contribution < -0.4 is 5.14 Å². The van der Waals surface area contributed by atoms with Crippen LogP contribution in [0, 0.1) is 0 Å². The average Bonchev–Trinajstić information content (AvgIpc) is 2.47. The van der Waals surface area contributed by atoms with Crippen molar-refractivity contribution in [2.45, 2.75) is 6.92 Å². The summed E-state index contributed by atoms with van der Waals surface area (Å²) in [4.78, 5) is 4.57. The van der Waals surface area contributed by atoms with E-state index in [9.17, 15) is 8.42 Å².